The first-order chi connectivity index (χ1) is 15.5. The first-order valence-corrected chi connectivity index (χ1v) is 10.8. The van der Waals surface area contributed by atoms with Gasteiger partial charge in [-0.15, -0.1) is 10.2 Å². The Balaban J connectivity index is 1.57. The molecule has 8 heteroatoms. The summed E-state index contributed by atoms with van der Waals surface area (Å²) in [7, 11) is 0. The van der Waals surface area contributed by atoms with E-state index >= 15 is 0 Å². The van der Waals surface area contributed by atoms with Crippen LogP contribution in [0, 0.1) is 6.92 Å². The Morgan fingerprint density at radius 2 is 1.75 bits per heavy atom. The van der Waals surface area contributed by atoms with Gasteiger partial charge in [-0.05, 0) is 43.3 Å². The molecular formula is C24H20N4O3S. The molecule has 2 N–H and O–H groups in total. The third-order valence-corrected chi connectivity index (χ3v) is 5.58. The molecule has 0 spiro atoms. The van der Waals surface area contributed by atoms with E-state index in [1.807, 2.05) is 66.1 Å². The Morgan fingerprint density at radius 3 is 2.50 bits per heavy atom. The average Bonchev–Trinajstić information content (AvgIpc) is 3.22. The number of rotatable bonds is 7. The van der Waals surface area contributed by atoms with E-state index in [1.165, 1.54) is 23.9 Å². The van der Waals surface area contributed by atoms with Gasteiger partial charge in [0.2, 0.25) is 5.91 Å². The Hall–Kier alpha value is -3.91. The number of nitrogens with zero attached hydrogens (tertiary/aromatic N) is 3. The summed E-state index contributed by atoms with van der Waals surface area (Å²) < 4.78 is 1.93. The van der Waals surface area contributed by atoms with Crippen LogP contribution < -0.4 is 5.32 Å². The number of nitrogens with one attached hydrogen (secondary N) is 1. The van der Waals surface area contributed by atoms with Crippen molar-refractivity contribution in [2.24, 2.45) is 0 Å². The van der Waals surface area contributed by atoms with Gasteiger partial charge in [0.15, 0.2) is 11.0 Å². The number of thioether (sulfide) groups is 1. The van der Waals surface area contributed by atoms with Gasteiger partial charge in [0.05, 0.1) is 11.3 Å². The molecule has 4 aromatic rings. The lowest BCUT2D eigenvalue weighted by Gasteiger charge is -2.11. The molecule has 0 fully saturated rings. The molecule has 4 rings (SSSR count). The zero-order valence-corrected chi connectivity index (χ0v) is 18.0. The van der Waals surface area contributed by atoms with Crippen molar-refractivity contribution in [3.8, 4) is 17.1 Å². The van der Waals surface area contributed by atoms with Crippen molar-refractivity contribution >= 4 is 29.3 Å². The number of aryl methyl sites for hydroxylation is 1. The molecule has 0 unspecified atom stereocenters. The second kappa shape index (κ2) is 9.49. The van der Waals surface area contributed by atoms with Gasteiger partial charge >= 0.3 is 5.97 Å². The number of aromatic carboxylic acids is 1. The highest BCUT2D eigenvalue weighted by Crippen LogP contribution is 2.28. The van der Waals surface area contributed by atoms with Gasteiger partial charge in [-0.2, -0.15) is 0 Å². The first kappa shape index (κ1) is 21.3. The highest BCUT2D eigenvalue weighted by atomic mass is 32.2. The Labute approximate surface area is 189 Å². The predicted molar refractivity (Wildman–Crippen MR) is 124 cm³/mol. The molecule has 0 aliphatic carbocycles. The molecular weight excluding hydrogens is 424 g/mol. The van der Waals surface area contributed by atoms with Crippen LogP contribution in [-0.4, -0.2) is 37.5 Å². The number of carbonyl (C=O) groups is 2. The number of para-hydroxylation sites is 1. The predicted octanol–water partition coefficient (Wildman–Crippen LogP) is 4.67. The summed E-state index contributed by atoms with van der Waals surface area (Å²) in [5.41, 5.74) is 3.49. The van der Waals surface area contributed by atoms with Gasteiger partial charge in [0, 0.05) is 16.9 Å². The number of anilines is 1. The number of carboxylic acids is 1. The monoisotopic (exact) mass is 444 g/mol. The van der Waals surface area contributed by atoms with Crippen LogP contribution in [0.1, 0.15) is 15.9 Å². The van der Waals surface area contributed by atoms with E-state index in [1.54, 1.807) is 12.1 Å². The van der Waals surface area contributed by atoms with Crippen LogP contribution in [0.25, 0.3) is 17.1 Å². The van der Waals surface area contributed by atoms with E-state index in [4.69, 9.17) is 5.11 Å². The Kier molecular flexibility index (Phi) is 6.32. The van der Waals surface area contributed by atoms with Crippen molar-refractivity contribution in [3.05, 3.63) is 90.0 Å². The van der Waals surface area contributed by atoms with Crippen LogP contribution in [0.5, 0.6) is 0 Å². The summed E-state index contributed by atoms with van der Waals surface area (Å²) in [6.45, 7) is 2.02. The third-order valence-electron chi connectivity index (χ3n) is 4.65. The van der Waals surface area contributed by atoms with Crippen molar-refractivity contribution in [3.63, 3.8) is 0 Å². The lowest BCUT2D eigenvalue weighted by atomic mass is 10.1. The number of hydrogen-bond acceptors (Lipinski definition) is 5. The van der Waals surface area contributed by atoms with Gasteiger partial charge in [0.25, 0.3) is 0 Å². The SMILES string of the molecule is Cc1cccc(-c2nnc(SCC(=O)Nc3cccc(C(=O)O)c3)n2-c2ccccc2)c1. The Morgan fingerprint density at radius 1 is 0.969 bits per heavy atom. The zero-order chi connectivity index (χ0) is 22.5. The topological polar surface area (TPSA) is 97.1 Å². The molecule has 1 heterocycles. The van der Waals surface area contributed by atoms with E-state index in [9.17, 15) is 9.59 Å². The minimum Gasteiger partial charge on any atom is -0.478 e. The number of aromatic nitrogens is 3. The standard InChI is InChI=1S/C24H20N4O3S/c1-16-7-5-8-17(13-16)22-26-27-24(28(22)20-11-3-2-4-12-20)32-15-21(29)25-19-10-6-9-18(14-19)23(30)31/h2-14H,15H2,1H3,(H,25,29)(H,30,31). The summed E-state index contributed by atoms with van der Waals surface area (Å²) in [6.07, 6.45) is 0. The summed E-state index contributed by atoms with van der Waals surface area (Å²) in [6, 6.07) is 23.9. The summed E-state index contributed by atoms with van der Waals surface area (Å²) in [4.78, 5) is 23.6. The average molecular weight is 445 g/mol. The molecule has 0 bridgehead atoms. The van der Waals surface area contributed by atoms with E-state index in [0.717, 1.165) is 16.8 Å². The summed E-state index contributed by atoms with van der Waals surface area (Å²) >= 11 is 1.26. The quantitative estimate of drug-likeness (QED) is 0.402. The van der Waals surface area contributed by atoms with Crippen LogP contribution in [-0.2, 0) is 4.79 Å². The van der Waals surface area contributed by atoms with Gasteiger partial charge in [-0.25, -0.2) is 4.79 Å². The number of carboxylic acid groups (broad SMARTS) is 1. The highest BCUT2D eigenvalue weighted by Gasteiger charge is 2.17. The van der Waals surface area contributed by atoms with E-state index in [0.29, 0.717) is 16.7 Å². The van der Waals surface area contributed by atoms with Crippen LogP contribution >= 0.6 is 11.8 Å². The van der Waals surface area contributed by atoms with Crippen LogP contribution in [0.15, 0.2) is 84.0 Å². The van der Waals surface area contributed by atoms with Crippen molar-refractivity contribution in [1.29, 1.82) is 0 Å². The largest absolute Gasteiger partial charge is 0.478 e. The second-order valence-electron chi connectivity index (χ2n) is 7.07. The Bertz CT molecular complexity index is 1270. The van der Waals surface area contributed by atoms with Crippen molar-refractivity contribution in [2.45, 2.75) is 12.1 Å². The van der Waals surface area contributed by atoms with Gasteiger partial charge in [-0.1, -0.05) is 59.8 Å². The van der Waals surface area contributed by atoms with E-state index in [2.05, 4.69) is 15.5 Å². The lowest BCUT2D eigenvalue weighted by Crippen LogP contribution is -2.15. The molecule has 0 saturated carbocycles. The molecule has 1 aromatic heterocycles. The molecule has 32 heavy (non-hydrogen) atoms. The second-order valence-corrected chi connectivity index (χ2v) is 8.01. The molecule has 0 aliphatic heterocycles. The molecule has 0 saturated heterocycles. The number of benzene rings is 3. The van der Waals surface area contributed by atoms with Crippen LogP contribution in [0.3, 0.4) is 0 Å². The maximum atomic E-state index is 12.5. The minimum atomic E-state index is -1.05. The van der Waals surface area contributed by atoms with E-state index in [-0.39, 0.29) is 17.2 Å². The van der Waals surface area contributed by atoms with Gasteiger partial charge in [-0.3, -0.25) is 9.36 Å². The summed E-state index contributed by atoms with van der Waals surface area (Å²) in [5.74, 6) is -0.528. The first-order valence-electron chi connectivity index (χ1n) is 9.85. The van der Waals surface area contributed by atoms with E-state index < -0.39 is 5.97 Å². The molecule has 0 aliphatic rings. The van der Waals surface area contributed by atoms with Crippen molar-refractivity contribution in [2.75, 3.05) is 11.1 Å². The fourth-order valence-corrected chi connectivity index (χ4v) is 3.95. The number of hydrogen-bond donors (Lipinski definition) is 2. The molecule has 3 aromatic carbocycles. The van der Waals surface area contributed by atoms with Crippen LogP contribution in [0.4, 0.5) is 5.69 Å². The number of amides is 1. The van der Waals surface area contributed by atoms with Crippen LogP contribution in [0.2, 0.25) is 0 Å². The summed E-state index contributed by atoms with van der Waals surface area (Å²) in [5, 5.41) is 21.2. The van der Waals surface area contributed by atoms with Crippen molar-refractivity contribution < 1.29 is 14.7 Å². The van der Waals surface area contributed by atoms with Crippen molar-refractivity contribution in [1.82, 2.24) is 14.8 Å². The minimum absolute atomic E-state index is 0.0933. The maximum Gasteiger partial charge on any atom is 0.335 e. The molecule has 160 valence electrons. The third kappa shape index (κ3) is 4.87. The molecule has 0 atom stereocenters. The normalized spacial score (nSPS) is 10.7. The van der Waals surface area contributed by atoms with Gasteiger partial charge in [0.1, 0.15) is 0 Å². The zero-order valence-electron chi connectivity index (χ0n) is 17.2. The molecule has 1 amide bonds. The smallest absolute Gasteiger partial charge is 0.335 e. The fraction of sp³-hybridized carbons (Fsp3) is 0.0833. The maximum absolute atomic E-state index is 12.5. The lowest BCUT2D eigenvalue weighted by molar-refractivity contribution is -0.113. The fourth-order valence-electron chi connectivity index (χ4n) is 3.20. The number of carbonyl (C=O) groups excluding carboxylic acids is 1. The molecule has 0 radical (unpaired) electrons. The molecule has 7 nitrogen and oxygen atoms in total. The van der Waals surface area contributed by atoms with Gasteiger partial charge < -0.3 is 10.4 Å². The highest BCUT2D eigenvalue weighted by molar-refractivity contribution is 7.99.